The monoisotopic (exact) mass is 279 g/mol. The zero-order valence-corrected chi connectivity index (χ0v) is 10.7. The summed E-state index contributed by atoms with van der Waals surface area (Å²) in [4.78, 5) is 22.0. The van der Waals surface area contributed by atoms with Gasteiger partial charge < -0.3 is 10.6 Å². The number of rotatable bonds is 4. The van der Waals surface area contributed by atoms with Gasteiger partial charge in [-0.25, -0.2) is 4.39 Å². The third-order valence-corrected chi connectivity index (χ3v) is 3.04. The molecule has 1 aromatic rings. The number of nitrogens with zero attached hydrogens (tertiary/aromatic N) is 1. The summed E-state index contributed by atoms with van der Waals surface area (Å²) in [5.41, 5.74) is 0.412. The van der Waals surface area contributed by atoms with Crippen LogP contribution in [0.25, 0.3) is 0 Å². The second kappa shape index (κ2) is 6.25. The Labute approximate surface area is 114 Å². The fraction of sp³-hybridized carbons (Fsp3) is 0.308. The van der Waals surface area contributed by atoms with E-state index in [0.717, 1.165) is 43.3 Å². The molecule has 0 unspecified atom stereocenters. The summed E-state index contributed by atoms with van der Waals surface area (Å²) in [5.74, 6) is -1.31. The topological polar surface area (TPSA) is 84.3 Å². The summed E-state index contributed by atoms with van der Waals surface area (Å²) < 4.78 is 13.0. The number of nitro groups is 1. The predicted octanol–water partition coefficient (Wildman–Crippen LogP) is 1.38. The van der Waals surface area contributed by atoms with E-state index in [-0.39, 0.29) is 5.56 Å². The van der Waals surface area contributed by atoms with Crippen molar-refractivity contribution in [3.8, 4) is 0 Å². The van der Waals surface area contributed by atoms with Gasteiger partial charge in [-0.3, -0.25) is 14.9 Å². The van der Waals surface area contributed by atoms with Gasteiger partial charge in [-0.05, 0) is 25.1 Å². The molecule has 0 saturated heterocycles. The first-order valence-corrected chi connectivity index (χ1v) is 6.18. The number of benzene rings is 1. The predicted molar refractivity (Wildman–Crippen MR) is 71.0 cm³/mol. The van der Waals surface area contributed by atoms with Crippen LogP contribution in [0.3, 0.4) is 0 Å². The van der Waals surface area contributed by atoms with Gasteiger partial charge >= 0.3 is 0 Å². The average molecular weight is 279 g/mol. The SMILES string of the molecule is O=C(NCC1=CCNCC1)c1ccc(F)cc1[N+](=O)[O-]. The summed E-state index contributed by atoms with van der Waals surface area (Å²) in [6.45, 7) is 1.94. The molecule has 0 aliphatic carbocycles. The van der Waals surface area contributed by atoms with Gasteiger partial charge in [0.15, 0.2) is 0 Å². The Morgan fingerprint density at radius 3 is 2.95 bits per heavy atom. The minimum absolute atomic E-state index is 0.133. The van der Waals surface area contributed by atoms with Gasteiger partial charge in [-0.1, -0.05) is 11.6 Å². The van der Waals surface area contributed by atoms with E-state index in [1.54, 1.807) is 0 Å². The van der Waals surface area contributed by atoms with Crippen LogP contribution in [0, 0.1) is 15.9 Å². The van der Waals surface area contributed by atoms with Crippen molar-refractivity contribution in [2.24, 2.45) is 0 Å². The lowest BCUT2D eigenvalue weighted by Crippen LogP contribution is -2.30. The zero-order chi connectivity index (χ0) is 14.5. The lowest BCUT2D eigenvalue weighted by atomic mass is 10.1. The van der Waals surface area contributed by atoms with Crippen molar-refractivity contribution in [3.63, 3.8) is 0 Å². The second-order valence-corrected chi connectivity index (χ2v) is 4.42. The molecule has 0 bridgehead atoms. The largest absolute Gasteiger partial charge is 0.348 e. The molecule has 6 nitrogen and oxygen atoms in total. The Kier molecular flexibility index (Phi) is 4.41. The molecule has 0 radical (unpaired) electrons. The molecule has 0 atom stereocenters. The van der Waals surface area contributed by atoms with Gasteiger partial charge in [0.25, 0.3) is 11.6 Å². The zero-order valence-electron chi connectivity index (χ0n) is 10.7. The third-order valence-electron chi connectivity index (χ3n) is 3.04. The highest BCUT2D eigenvalue weighted by Gasteiger charge is 2.20. The molecule has 0 spiro atoms. The molecule has 2 N–H and O–H groups in total. The first-order valence-electron chi connectivity index (χ1n) is 6.18. The Morgan fingerprint density at radius 1 is 1.50 bits per heavy atom. The van der Waals surface area contributed by atoms with E-state index >= 15 is 0 Å². The van der Waals surface area contributed by atoms with Crippen LogP contribution in [0.2, 0.25) is 0 Å². The highest BCUT2D eigenvalue weighted by atomic mass is 19.1. The van der Waals surface area contributed by atoms with Gasteiger partial charge in [0.1, 0.15) is 11.4 Å². The highest BCUT2D eigenvalue weighted by molar-refractivity contribution is 5.98. The lowest BCUT2D eigenvalue weighted by molar-refractivity contribution is -0.385. The van der Waals surface area contributed by atoms with E-state index in [2.05, 4.69) is 10.6 Å². The number of halogens is 1. The minimum Gasteiger partial charge on any atom is -0.348 e. The van der Waals surface area contributed by atoms with Crippen molar-refractivity contribution in [2.75, 3.05) is 19.6 Å². The summed E-state index contributed by atoms with van der Waals surface area (Å²) >= 11 is 0. The van der Waals surface area contributed by atoms with Crippen molar-refractivity contribution < 1.29 is 14.1 Å². The lowest BCUT2D eigenvalue weighted by Gasteiger charge is -2.14. The molecule has 20 heavy (non-hydrogen) atoms. The molecule has 1 aliphatic heterocycles. The van der Waals surface area contributed by atoms with E-state index in [1.807, 2.05) is 6.08 Å². The minimum atomic E-state index is -0.762. The molecule has 2 rings (SSSR count). The summed E-state index contributed by atoms with van der Waals surface area (Å²) in [6.07, 6.45) is 2.80. The molecule has 1 aliphatic rings. The van der Waals surface area contributed by atoms with Crippen molar-refractivity contribution >= 4 is 11.6 Å². The summed E-state index contributed by atoms with van der Waals surface area (Å²) in [6, 6.07) is 2.91. The quantitative estimate of drug-likeness (QED) is 0.495. The Balaban J connectivity index is 2.09. The first kappa shape index (κ1) is 14.1. The van der Waals surface area contributed by atoms with Crippen LogP contribution in [0.15, 0.2) is 29.8 Å². The number of amides is 1. The molecule has 106 valence electrons. The van der Waals surface area contributed by atoms with E-state index in [4.69, 9.17) is 0 Å². The molecule has 1 amide bonds. The average Bonchev–Trinajstić information content (AvgIpc) is 2.45. The maximum Gasteiger partial charge on any atom is 0.285 e. The molecule has 0 fully saturated rings. The highest BCUT2D eigenvalue weighted by Crippen LogP contribution is 2.19. The van der Waals surface area contributed by atoms with Crippen LogP contribution >= 0.6 is 0 Å². The van der Waals surface area contributed by atoms with E-state index in [0.29, 0.717) is 6.54 Å². The maximum atomic E-state index is 13.0. The summed E-state index contributed by atoms with van der Waals surface area (Å²) in [5, 5.41) is 16.6. The number of hydrogen-bond donors (Lipinski definition) is 2. The third kappa shape index (κ3) is 3.39. The molecule has 1 heterocycles. The molecule has 0 aromatic heterocycles. The molecular formula is C13H14FN3O3. The first-order chi connectivity index (χ1) is 9.58. The fourth-order valence-corrected chi connectivity index (χ4v) is 1.97. The van der Waals surface area contributed by atoms with Crippen LogP contribution in [0.1, 0.15) is 16.8 Å². The Morgan fingerprint density at radius 2 is 2.30 bits per heavy atom. The van der Waals surface area contributed by atoms with Crippen LogP contribution in [0.4, 0.5) is 10.1 Å². The Bertz CT molecular complexity index is 572. The number of carbonyl (C=O) groups excluding carboxylic acids is 1. The standard InChI is InChI=1S/C13H14FN3O3/c14-10-1-2-11(12(7-10)17(19)20)13(18)16-8-9-3-5-15-6-4-9/h1-3,7,15H,4-6,8H2,(H,16,18). The number of carbonyl (C=O) groups is 1. The number of hydrogen-bond acceptors (Lipinski definition) is 4. The number of nitrogens with one attached hydrogen (secondary N) is 2. The van der Waals surface area contributed by atoms with Crippen molar-refractivity contribution in [2.45, 2.75) is 6.42 Å². The molecule has 0 saturated carbocycles. The van der Waals surface area contributed by atoms with E-state index in [9.17, 15) is 19.3 Å². The van der Waals surface area contributed by atoms with Crippen LogP contribution < -0.4 is 10.6 Å². The van der Waals surface area contributed by atoms with E-state index < -0.39 is 22.3 Å². The van der Waals surface area contributed by atoms with Gasteiger partial charge in [-0.15, -0.1) is 0 Å². The van der Waals surface area contributed by atoms with Crippen molar-refractivity contribution in [1.82, 2.24) is 10.6 Å². The fourth-order valence-electron chi connectivity index (χ4n) is 1.97. The van der Waals surface area contributed by atoms with Crippen LogP contribution in [-0.4, -0.2) is 30.5 Å². The molecule has 7 heteroatoms. The van der Waals surface area contributed by atoms with Gasteiger partial charge in [0, 0.05) is 13.1 Å². The van der Waals surface area contributed by atoms with Crippen LogP contribution in [-0.2, 0) is 0 Å². The van der Waals surface area contributed by atoms with Gasteiger partial charge in [-0.2, -0.15) is 0 Å². The molecule has 1 aromatic carbocycles. The van der Waals surface area contributed by atoms with Gasteiger partial charge in [0.05, 0.1) is 11.0 Å². The van der Waals surface area contributed by atoms with Crippen molar-refractivity contribution in [3.05, 3.63) is 51.3 Å². The normalized spacial score (nSPS) is 14.6. The van der Waals surface area contributed by atoms with Crippen molar-refractivity contribution in [1.29, 1.82) is 0 Å². The molecular weight excluding hydrogens is 265 g/mol. The number of nitro benzene ring substituents is 1. The van der Waals surface area contributed by atoms with E-state index in [1.165, 1.54) is 0 Å². The maximum absolute atomic E-state index is 13.0. The van der Waals surface area contributed by atoms with Crippen LogP contribution in [0.5, 0.6) is 0 Å². The van der Waals surface area contributed by atoms with Gasteiger partial charge in [0.2, 0.25) is 0 Å². The smallest absolute Gasteiger partial charge is 0.285 e. The summed E-state index contributed by atoms with van der Waals surface area (Å²) in [7, 11) is 0. The Hall–Kier alpha value is -2.28. The second-order valence-electron chi connectivity index (χ2n) is 4.42.